The fraction of sp³-hybridized carbons (Fsp3) is 0.100. The van der Waals surface area contributed by atoms with E-state index in [9.17, 15) is 14.4 Å². The van der Waals surface area contributed by atoms with Crippen molar-refractivity contribution >= 4 is 29.2 Å². The molecule has 0 fully saturated rings. The lowest BCUT2D eigenvalue weighted by Crippen LogP contribution is -2.34. The Morgan fingerprint density at radius 3 is 1.88 bits per heavy atom. The summed E-state index contributed by atoms with van der Waals surface area (Å²) in [6.45, 7) is -0.674. The minimum atomic E-state index is -1.26. The van der Waals surface area contributed by atoms with Gasteiger partial charge in [0, 0.05) is 0 Å². The average molecular weight is 235 g/mol. The molecular formula is C10H9N3O4. The van der Waals surface area contributed by atoms with E-state index in [0.717, 1.165) is 0 Å². The molecular weight excluding hydrogens is 226 g/mol. The molecule has 1 aromatic rings. The van der Waals surface area contributed by atoms with Gasteiger partial charge in [0.2, 0.25) is 0 Å². The predicted molar refractivity (Wildman–Crippen MR) is 58.3 cm³/mol. The number of hydrogen-bond acceptors (Lipinski definition) is 5. The Morgan fingerprint density at radius 2 is 1.53 bits per heavy atom. The van der Waals surface area contributed by atoms with Gasteiger partial charge in [-0.1, -0.05) is 0 Å². The molecule has 5 N–H and O–H groups in total. The van der Waals surface area contributed by atoms with Crippen molar-refractivity contribution in [2.75, 3.05) is 18.0 Å². The highest BCUT2D eigenvalue weighted by Gasteiger charge is 2.37. The Balaban J connectivity index is 2.49. The van der Waals surface area contributed by atoms with E-state index in [4.69, 9.17) is 16.6 Å². The second-order valence-electron chi connectivity index (χ2n) is 3.62. The summed E-state index contributed by atoms with van der Waals surface area (Å²) in [7, 11) is 0. The Labute approximate surface area is 95.6 Å². The van der Waals surface area contributed by atoms with Gasteiger partial charge in [0.25, 0.3) is 11.8 Å². The van der Waals surface area contributed by atoms with Gasteiger partial charge >= 0.3 is 5.97 Å². The maximum absolute atomic E-state index is 11.8. The molecule has 0 spiro atoms. The summed E-state index contributed by atoms with van der Waals surface area (Å²) < 4.78 is 0. The lowest BCUT2D eigenvalue weighted by atomic mass is 10.1. The van der Waals surface area contributed by atoms with Gasteiger partial charge in [-0.15, -0.1) is 0 Å². The second-order valence-corrected chi connectivity index (χ2v) is 3.62. The number of carbonyl (C=O) groups excluding carboxylic acids is 2. The van der Waals surface area contributed by atoms with Crippen molar-refractivity contribution in [1.29, 1.82) is 0 Å². The number of carboxylic acid groups (broad SMARTS) is 1. The maximum Gasteiger partial charge on any atom is 0.323 e. The summed E-state index contributed by atoms with van der Waals surface area (Å²) >= 11 is 0. The van der Waals surface area contributed by atoms with Gasteiger partial charge in [0.1, 0.15) is 6.54 Å². The van der Waals surface area contributed by atoms with Crippen LogP contribution in [-0.2, 0) is 4.79 Å². The van der Waals surface area contributed by atoms with Gasteiger partial charge in [0.05, 0.1) is 22.5 Å². The number of carbonyl (C=O) groups is 3. The Bertz CT molecular complexity index is 512. The van der Waals surface area contributed by atoms with Crippen LogP contribution in [0.1, 0.15) is 20.7 Å². The molecule has 0 unspecified atom stereocenters. The minimum absolute atomic E-state index is 0.0861. The number of fused-ring (bicyclic) bond motifs is 1. The predicted octanol–water partition coefficient (Wildman–Crippen LogP) is -0.468. The van der Waals surface area contributed by atoms with Crippen LogP contribution < -0.4 is 11.5 Å². The number of hydrogen-bond donors (Lipinski definition) is 3. The zero-order chi connectivity index (χ0) is 12.7. The summed E-state index contributed by atoms with van der Waals surface area (Å²) in [5, 5.41) is 8.60. The van der Waals surface area contributed by atoms with Gasteiger partial charge in [0.15, 0.2) is 0 Å². The number of rotatable bonds is 2. The van der Waals surface area contributed by atoms with Gasteiger partial charge in [-0.05, 0) is 12.1 Å². The smallest absolute Gasteiger partial charge is 0.323 e. The zero-order valence-corrected chi connectivity index (χ0v) is 8.64. The Morgan fingerprint density at radius 1 is 1.12 bits per heavy atom. The number of aliphatic carboxylic acids is 1. The third-order valence-corrected chi connectivity index (χ3v) is 2.47. The summed E-state index contributed by atoms with van der Waals surface area (Å²) in [4.78, 5) is 34.7. The highest BCUT2D eigenvalue weighted by molar-refractivity contribution is 6.23. The molecule has 0 bridgehead atoms. The van der Waals surface area contributed by atoms with Crippen molar-refractivity contribution < 1.29 is 19.5 Å². The van der Waals surface area contributed by atoms with Crippen LogP contribution in [-0.4, -0.2) is 34.3 Å². The summed E-state index contributed by atoms with van der Waals surface area (Å²) in [5.41, 5.74) is 11.6. The number of nitrogens with two attached hydrogens (primary N) is 2. The standard InChI is InChI=1S/C10H9N3O4/c11-6-1-4-5(2-7(6)12)10(17)13(9(4)16)3-8(14)15/h1-2H,3,11-12H2,(H,14,15). The van der Waals surface area contributed by atoms with E-state index >= 15 is 0 Å². The fourth-order valence-corrected chi connectivity index (χ4v) is 1.65. The molecule has 2 rings (SSSR count). The van der Waals surface area contributed by atoms with Crippen molar-refractivity contribution in [3.8, 4) is 0 Å². The van der Waals surface area contributed by atoms with Gasteiger partial charge in [-0.3, -0.25) is 19.3 Å². The average Bonchev–Trinajstić information content (AvgIpc) is 2.45. The Kier molecular flexibility index (Phi) is 2.24. The summed E-state index contributed by atoms with van der Waals surface area (Å²) in [6, 6.07) is 2.57. The topological polar surface area (TPSA) is 127 Å². The normalized spacial score (nSPS) is 14.0. The molecule has 0 atom stereocenters. The van der Waals surface area contributed by atoms with Crippen molar-refractivity contribution in [3.63, 3.8) is 0 Å². The molecule has 0 saturated carbocycles. The second kappa shape index (κ2) is 3.48. The lowest BCUT2D eigenvalue weighted by molar-refractivity contribution is -0.137. The van der Waals surface area contributed by atoms with Crippen LogP contribution in [0, 0.1) is 0 Å². The quantitative estimate of drug-likeness (QED) is 0.470. The van der Waals surface area contributed by atoms with E-state index in [0.29, 0.717) is 4.90 Å². The largest absolute Gasteiger partial charge is 0.480 e. The molecule has 88 valence electrons. The molecule has 1 aliphatic rings. The first-order valence-electron chi connectivity index (χ1n) is 4.69. The first-order valence-corrected chi connectivity index (χ1v) is 4.69. The van der Waals surface area contributed by atoms with Gasteiger partial charge in [-0.25, -0.2) is 0 Å². The van der Waals surface area contributed by atoms with E-state index in [1.807, 2.05) is 0 Å². The van der Waals surface area contributed by atoms with Crippen molar-refractivity contribution in [2.24, 2.45) is 0 Å². The number of carboxylic acids is 1. The van der Waals surface area contributed by atoms with Crippen LogP contribution in [0.4, 0.5) is 11.4 Å². The van der Waals surface area contributed by atoms with E-state index in [-0.39, 0.29) is 22.5 Å². The molecule has 0 saturated heterocycles. The molecule has 0 aromatic heterocycles. The number of nitrogens with zero attached hydrogens (tertiary/aromatic N) is 1. The number of nitrogen functional groups attached to an aromatic ring is 2. The van der Waals surface area contributed by atoms with Crippen LogP contribution in [0.2, 0.25) is 0 Å². The minimum Gasteiger partial charge on any atom is -0.480 e. The Hall–Kier alpha value is -2.57. The van der Waals surface area contributed by atoms with Crippen LogP contribution >= 0.6 is 0 Å². The number of amides is 2. The number of imide groups is 1. The SMILES string of the molecule is Nc1cc2c(cc1N)C(=O)N(CC(=O)O)C2=O. The molecule has 1 aliphatic heterocycles. The molecule has 1 heterocycles. The summed E-state index contributed by atoms with van der Waals surface area (Å²) in [6.07, 6.45) is 0. The van der Waals surface area contributed by atoms with Crippen LogP contribution in [0.15, 0.2) is 12.1 Å². The van der Waals surface area contributed by atoms with E-state index < -0.39 is 24.3 Å². The maximum atomic E-state index is 11.8. The first kappa shape index (κ1) is 10.9. The third kappa shape index (κ3) is 1.57. The molecule has 7 nitrogen and oxygen atoms in total. The van der Waals surface area contributed by atoms with Crippen LogP contribution in [0.3, 0.4) is 0 Å². The van der Waals surface area contributed by atoms with Crippen molar-refractivity contribution in [3.05, 3.63) is 23.3 Å². The highest BCUT2D eigenvalue weighted by atomic mass is 16.4. The molecule has 1 aromatic carbocycles. The highest BCUT2D eigenvalue weighted by Crippen LogP contribution is 2.28. The monoisotopic (exact) mass is 235 g/mol. The van der Waals surface area contributed by atoms with E-state index in [1.54, 1.807) is 0 Å². The van der Waals surface area contributed by atoms with Gasteiger partial charge in [-0.2, -0.15) is 0 Å². The molecule has 2 amide bonds. The first-order chi connectivity index (χ1) is 7.91. The number of anilines is 2. The molecule has 0 radical (unpaired) electrons. The number of benzene rings is 1. The summed E-state index contributed by atoms with van der Waals surface area (Å²) in [5.74, 6) is -2.60. The van der Waals surface area contributed by atoms with E-state index in [1.165, 1.54) is 12.1 Å². The lowest BCUT2D eigenvalue weighted by Gasteiger charge is -2.09. The molecule has 17 heavy (non-hydrogen) atoms. The fourth-order valence-electron chi connectivity index (χ4n) is 1.65. The molecule has 0 aliphatic carbocycles. The van der Waals surface area contributed by atoms with Crippen molar-refractivity contribution in [1.82, 2.24) is 4.90 Å². The zero-order valence-electron chi connectivity index (χ0n) is 8.64. The van der Waals surface area contributed by atoms with Gasteiger partial charge < -0.3 is 16.6 Å². The third-order valence-electron chi connectivity index (χ3n) is 2.47. The van der Waals surface area contributed by atoms with Crippen molar-refractivity contribution in [2.45, 2.75) is 0 Å². The van der Waals surface area contributed by atoms with Crippen LogP contribution in [0.25, 0.3) is 0 Å². The van der Waals surface area contributed by atoms with E-state index in [2.05, 4.69) is 0 Å². The molecule has 7 heteroatoms. The van der Waals surface area contributed by atoms with Crippen LogP contribution in [0.5, 0.6) is 0 Å².